The number of hydrogen-bond acceptors (Lipinski definition) is 4. The molecule has 7 nitrogen and oxygen atoms in total. The lowest BCUT2D eigenvalue weighted by atomic mass is 10.2. The summed E-state index contributed by atoms with van der Waals surface area (Å²) in [4.78, 5) is 28.9. The Labute approximate surface area is 175 Å². The summed E-state index contributed by atoms with van der Waals surface area (Å²) >= 11 is 0. The second-order valence-corrected chi connectivity index (χ2v) is 7.40. The molecule has 7 heteroatoms. The predicted octanol–water partition coefficient (Wildman–Crippen LogP) is 3.29. The van der Waals surface area contributed by atoms with E-state index in [9.17, 15) is 9.59 Å². The second kappa shape index (κ2) is 8.82. The van der Waals surface area contributed by atoms with E-state index in [-0.39, 0.29) is 11.6 Å². The Balaban J connectivity index is 1.45. The highest BCUT2D eigenvalue weighted by atomic mass is 16.2. The van der Waals surface area contributed by atoms with Crippen molar-refractivity contribution in [1.82, 2.24) is 14.7 Å². The van der Waals surface area contributed by atoms with Gasteiger partial charge in [-0.2, -0.15) is 4.68 Å². The lowest BCUT2D eigenvalue weighted by molar-refractivity contribution is 0.215. The van der Waals surface area contributed by atoms with Crippen LogP contribution in [0.2, 0.25) is 0 Å². The van der Waals surface area contributed by atoms with Crippen LogP contribution in [0, 0.1) is 6.92 Å². The molecule has 1 fully saturated rings. The third-order valence-corrected chi connectivity index (χ3v) is 5.16. The summed E-state index contributed by atoms with van der Waals surface area (Å²) in [6.07, 6.45) is 0.827. The topological polar surface area (TPSA) is 70.5 Å². The number of nitrogens with one attached hydrogen (secondary N) is 1. The van der Waals surface area contributed by atoms with Gasteiger partial charge in [-0.3, -0.25) is 4.79 Å². The van der Waals surface area contributed by atoms with Gasteiger partial charge in [-0.1, -0.05) is 30.3 Å². The van der Waals surface area contributed by atoms with Crippen LogP contribution < -0.4 is 15.8 Å². The summed E-state index contributed by atoms with van der Waals surface area (Å²) in [5.41, 5.74) is 2.48. The summed E-state index contributed by atoms with van der Waals surface area (Å²) in [5.74, 6) is 0.736. The van der Waals surface area contributed by atoms with Crippen molar-refractivity contribution in [2.24, 2.45) is 0 Å². The van der Waals surface area contributed by atoms with Crippen molar-refractivity contribution in [2.75, 3.05) is 36.4 Å². The van der Waals surface area contributed by atoms with Crippen LogP contribution in [0.4, 0.5) is 16.3 Å². The highest BCUT2D eigenvalue weighted by Crippen LogP contribution is 2.15. The van der Waals surface area contributed by atoms with E-state index in [1.54, 1.807) is 12.1 Å². The van der Waals surface area contributed by atoms with Crippen LogP contribution in [0.25, 0.3) is 5.69 Å². The molecule has 0 atom stereocenters. The fourth-order valence-electron chi connectivity index (χ4n) is 3.60. The largest absolute Gasteiger partial charge is 0.353 e. The number of carbonyl (C=O) groups is 1. The molecule has 3 aromatic rings. The van der Waals surface area contributed by atoms with Gasteiger partial charge in [-0.05, 0) is 49.2 Å². The fraction of sp³-hybridized carbons (Fsp3) is 0.261. The number of carbonyl (C=O) groups excluding carboxylic acids is 1. The minimum Gasteiger partial charge on any atom is -0.353 e. The molecule has 2 aromatic carbocycles. The van der Waals surface area contributed by atoms with E-state index in [4.69, 9.17) is 0 Å². The molecule has 4 rings (SSSR count). The number of anilines is 2. The zero-order chi connectivity index (χ0) is 20.9. The number of para-hydroxylation sites is 1. The number of hydrogen-bond donors (Lipinski definition) is 1. The maximum absolute atomic E-state index is 12.7. The molecule has 154 valence electrons. The number of amides is 2. The Morgan fingerprint density at radius 3 is 2.57 bits per heavy atom. The summed E-state index contributed by atoms with van der Waals surface area (Å²) < 4.78 is 1.42. The molecular weight excluding hydrogens is 378 g/mol. The van der Waals surface area contributed by atoms with Crippen molar-refractivity contribution in [1.29, 1.82) is 0 Å². The third kappa shape index (κ3) is 4.51. The zero-order valence-electron chi connectivity index (χ0n) is 17.0. The number of benzene rings is 2. The first-order chi connectivity index (χ1) is 14.6. The number of aryl methyl sites for hydroxylation is 1. The Morgan fingerprint density at radius 2 is 1.77 bits per heavy atom. The van der Waals surface area contributed by atoms with Gasteiger partial charge < -0.3 is 15.1 Å². The van der Waals surface area contributed by atoms with Crippen LogP contribution >= 0.6 is 0 Å². The molecule has 0 aliphatic carbocycles. The standard InChI is InChI=1S/C23H25N5O2/c1-18-7-5-8-19(17-18)24-23(30)27-14-6-13-26(15-16-27)21-11-12-22(29)28(25-21)20-9-3-2-4-10-20/h2-5,7-12,17H,6,13-16H2,1H3,(H,24,30). The monoisotopic (exact) mass is 403 g/mol. The predicted molar refractivity (Wildman–Crippen MR) is 118 cm³/mol. The van der Waals surface area contributed by atoms with Gasteiger partial charge in [0.05, 0.1) is 5.69 Å². The average molecular weight is 403 g/mol. The van der Waals surface area contributed by atoms with Crippen molar-refractivity contribution >= 4 is 17.5 Å². The molecular formula is C23H25N5O2. The van der Waals surface area contributed by atoms with E-state index in [0.29, 0.717) is 19.6 Å². The van der Waals surface area contributed by atoms with Crippen molar-refractivity contribution in [3.05, 3.63) is 82.6 Å². The number of urea groups is 1. The van der Waals surface area contributed by atoms with Crippen LogP contribution in [-0.2, 0) is 0 Å². The number of aromatic nitrogens is 2. The quantitative estimate of drug-likeness (QED) is 0.729. The van der Waals surface area contributed by atoms with Gasteiger partial charge in [0.1, 0.15) is 5.82 Å². The SMILES string of the molecule is Cc1cccc(NC(=O)N2CCCN(c3ccc(=O)n(-c4ccccc4)n3)CC2)c1. The van der Waals surface area contributed by atoms with E-state index in [2.05, 4.69) is 15.3 Å². The van der Waals surface area contributed by atoms with Gasteiger partial charge in [0, 0.05) is 37.9 Å². The van der Waals surface area contributed by atoms with E-state index in [1.807, 2.05) is 66.4 Å². The van der Waals surface area contributed by atoms with Gasteiger partial charge in [0.25, 0.3) is 5.56 Å². The summed E-state index contributed by atoms with van der Waals surface area (Å²) in [7, 11) is 0. The number of rotatable bonds is 3. The van der Waals surface area contributed by atoms with Crippen molar-refractivity contribution in [2.45, 2.75) is 13.3 Å². The Morgan fingerprint density at radius 1 is 0.933 bits per heavy atom. The smallest absolute Gasteiger partial charge is 0.321 e. The van der Waals surface area contributed by atoms with E-state index < -0.39 is 0 Å². The minimum absolute atomic E-state index is 0.0929. The van der Waals surface area contributed by atoms with Crippen LogP contribution in [0.3, 0.4) is 0 Å². The molecule has 1 aliphatic heterocycles. The van der Waals surface area contributed by atoms with Gasteiger partial charge in [-0.25, -0.2) is 4.79 Å². The molecule has 30 heavy (non-hydrogen) atoms. The first-order valence-corrected chi connectivity index (χ1v) is 10.1. The molecule has 0 bridgehead atoms. The summed E-state index contributed by atoms with van der Waals surface area (Å²) in [6, 6.07) is 20.4. The molecule has 1 saturated heterocycles. The maximum atomic E-state index is 12.7. The normalized spacial score (nSPS) is 14.3. The molecule has 2 heterocycles. The van der Waals surface area contributed by atoms with Gasteiger partial charge >= 0.3 is 6.03 Å². The highest BCUT2D eigenvalue weighted by Gasteiger charge is 2.20. The van der Waals surface area contributed by atoms with E-state index >= 15 is 0 Å². The van der Waals surface area contributed by atoms with Crippen molar-refractivity contribution < 1.29 is 4.79 Å². The summed E-state index contributed by atoms with van der Waals surface area (Å²) in [6.45, 7) is 4.69. The molecule has 0 unspecified atom stereocenters. The molecule has 0 radical (unpaired) electrons. The molecule has 1 N–H and O–H groups in total. The lowest BCUT2D eigenvalue weighted by Gasteiger charge is -2.23. The third-order valence-electron chi connectivity index (χ3n) is 5.16. The van der Waals surface area contributed by atoms with E-state index in [0.717, 1.165) is 35.7 Å². The zero-order valence-corrected chi connectivity index (χ0v) is 17.0. The van der Waals surface area contributed by atoms with Crippen LogP contribution in [0.5, 0.6) is 0 Å². The number of nitrogens with zero attached hydrogens (tertiary/aromatic N) is 4. The van der Waals surface area contributed by atoms with Gasteiger partial charge in [-0.15, -0.1) is 5.10 Å². The first kappa shape index (κ1) is 19.7. The van der Waals surface area contributed by atoms with Crippen molar-refractivity contribution in [3.63, 3.8) is 0 Å². The minimum atomic E-state index is -0.168. The van der Waals surface area contributed by atoms with E-state index in [1.165, 1.54) is 4.68 Å². The van der Waals surface area contributed by atoms with Gasteiger partial charge in [0.15, 0.2) is 0 Å². The van der Waals surface area contributed by atoms with Crippen molar-refractivity contribution in [3.8, 4) is 5.69 Å². The summed E-state index contributed by atoms with van der Waals surface area (Å²) in [5, 5.41) is 7.55. The lowest BCUT2D eigenvalue weighted by Crippen LogP contribution is -2.38. The highest BCUT2D eigenvalue weighted by molar-refractivity contribution is 5.89. The fourth-order valence-corrected chi connectivity index (χ4v) is 3.60. The van der Waals surface area contributed by atoms with Crippen LogP contribution in [0.1, 0.15) is 12.0 Å². The Bertz CT molecular complexity index is 1080. The second-order valence-electron chi connectivity index (χ2n) is 7.40. The van der Waals surface area contributed by atoms with Gasteiger partial charge in [0.2, 0.25) is 0 Å². The maximum Gasteiger partial charge on any atom is 0.321 e. The van der Waals surface area contributed by atoms with Crippen LogP contribution in [0.15, 0.2) is 71.5 Å². The molecule has 1 aliphatic rings. The molecule has 1 aromatic heterocycles. The average Bonchev–Trinajstić information content (AvgIpc) is 3.01. The molecule has 0 saturated carbocycles. The Kier molecular flexibility index (Phi) is 5.79. The Hall–Kier alpha value is -3.61. The molecule has 0 spiro atoms. The van der Waals surface area contributed by atoms with Crippen LogP contribution in [-0.4, -0.2) is 46.9 Å². The first-order valence-electron chi connectivity index (χ1n) is 10.1. The molecule has 2 amide bonds.